The molecule has 90 valence electrons. The predicted molar refractivity (Wildman–Crippen MR) is 62.6 cm³/mol. The van der Waals surface area contributed by atoms with Gasteiger partial charge in [0.05, 0.1) is 12.1 Å². The molecule has 16 heavy (non-hydrogen) atoms. The highest BCUT2D eigenvalue weighted by Gasteiger charge is 2.42. The minimum atomic E-state index is -0.182. The Bertz CT molecular complexity index is 289. The van der Waals surface area contributed by atoms with Crippen molar-refractivity contribution in [1.82, 2.24) is 10.6 Å². The summed E-state index contributed by atoms with van der Waals surface area (Å²) >= 11 is 0. The maximum Gasteiger partial charge on any atom is 0.237 e. The number of hydrogen-bond donors (Lipinski definition) is 2. The number of nitrogens with one attached hydrogen (secondary N) is 2. The third-order valence-electron chi connectivity index (χ3n) is 3.02. The summed E-state index contributed by atoms with van der Waals surface area (Å²) < 4.78 is 0. The lowest BCUT2D eigenvalue weighted by Crippen LogP contribution is -2.46. The van der Waals surface area contributed by atoms with E-state index >= 15 is 0 Å². The summed E-state index contributed by atoms with van der Waals surface area (Å²) in [5.74, 6) is 0.0303. The van der Waals surface area contributed by atoms with Gasteiger partial charge in [-0.15, -0.1) is 0 Å². The summed E-state index contributed by atoms with van der Waals surface area (Å²) in [6.45, 7) is 6.53. The molecule has 0 saturated heterocycles. The van der Waals surface area contributed by atoms with Crippen molar-refractivity contribution in [2.75, 3.05) is 6.54 Å². The number of carbonyl (C=O) groups excluding carboxylic acids is 1. The van der Waals surface area contributed by atoms with Crippen molar-refractivity contribution in [3.05, 3.63) is 0 Å². The van der Waals surface area contributed by atoms with Crippen LogP contribution in [0.15, 0.2) is 0 Å². The van der Waals surface area contributed by atoms with Crippen LogP contribution in [0.5, 0.6) is 0 Å². The van der Waals surface area contributed by atoms with Crippen molar-refractivity contribution >= 4 is 5.91 Å². The van der Waals surface area contributed by atoms with E-state index < -0.39 is 0 Å². The van der Waals surface area contributed by atoms with E-state index in [9.17, 15) is 4.79 Å². The second-order valence-electron chi connectivity index (χ2n) is 5.10. The Labute approximate surface area is 97.4 Å². The standard InChI is InChI=1S/C12H21N3O/c1-9(2)15-11(16)10(3)14-8-12(4-5-12)6-7-13/h9-10,14H,4-6,8H2,1-3H3,(H,15,16). The molecular weight excluding hydrogens is 202 g/mol. The smallest absolute Gasteiger partial charge is 0.237 e. The molecule has 0 aliphatic heterocycles. The van der Waals surface area contributed by atoms with Gasteiger partial charge in [-0.05, 0) is 39.0 Å². The zero-order chi connectivity index (χ0) is 12.2. The second-order valence-corrected chi connectivity index (χ2v) is 5.10. The van der Waals surface area contributed by atoms with Crippen LogP contribution in [0.2, 0.25) is 0 Å². The van der Waals surface area contributed by atoms with Gasteiger partial charge in [0.2, 0.25) is 5.91 Å². The van der Waals surface area contributed by atoms with Crippen LogP contribution >= 0.6 is 0 Å². The lowest BCUT2D eigenvalue weighted by atomic mass is 10.0. The molecule has 1 aliphatic carbocycles. The maximum absolute atomic E-state index is 11.6. The molecule has 1 amide bonds. The molecule has 4 nitrogen and oxygen atoms in total. The molecule has 0 heterocycles. The number of carbonyl (C=O) groups is 1. The first-order valence-corrected chi connectivity index (χ1v) is 5.90. The largest absolute Gasteiger partial charge is 0.353 e. The van der Waals surface area contributed by atoms with Crippen LogP contribution in [0.1, 0.15) is 40.0 Å². The van der Waals surface area contributed by atoms with Crippen molar-refractivity contribution < 1.29 is 4.79 Å². The van der Waals surface area contributed by atoms with Gasteiger partial charge in [0.25, 0.3) is 0 Å². The van der Waals surface area contributed by atoms with Crippen LogP contribution in [0, 0.1) is 16.7 Å². The van der Waals surface area contributed by atoms with Gasteiger partial charge in [0, 0.05) is 19.0 Å². The van der Waals surface area contributed by atoms with Crippen LogP contribution in [0.25, 0.3) is 0 Å². The Balaban J connectivity index is 2.27. The molecule has 1 fully saturated rings. The fraction of sp³-hybridized carbons (Fsp3) is 0.833. The van der Waals surface area contributed by atoms with Crippen LogP contribution in [0.4, 0.5) is 0 Å². The molecule has 0 aromatic heterocycles. The average molecular weight is 223 g/mol. The Morgan fingerprint density at radius 3 is 2.50 bits per heavy atom. The monoisotopic (exact) mass is 223 g/mol. The normalized spacial score (nSPS) is 18.9. The van der Waals surface area contributed by atoms with Gasteiger partial charge in [0.15, 0.2) is 0 Å². The van der Waals surface area contributed by atoms with E-state index in [1.807, 2.05) is 20.8 Å². The van der Waals surface area contributed by atoms with E-state index in [-0.39, 0.29) is 23.4 Å². The van der Waals surface area contributed by atoms with E-state index in [1.54, 1.807) is 0 Å². The predicted octanol–water partition coefficient (Wildman–Crippen LogP) is 1.18. The quantitative estimate of drug-likeness (QED) is 0.710. The molecule has 4 heteroatoms. The fourth-order valence-corrected chi connectivity index (χ4v) is 1.63. The van der Waals surface area contributed by atoms with Gasteiger partial charge >= 0.3 is 0 Å². The first-order chi connectivity index (χ1) is 7.49. The Kier molecular flexibility index (Phi) is 4.31. The summed E-state index contributed by atoms with van der Waals surface area (Å²) in [5, 5.41) is 14.8. The van der Waals surface area contributed by atoms with Gasteiger partial charge in [-0.1, -0.05) is 0 Å². The zero-order valence-corrected chi connectivity index (χ0v) is 10.3. The summed E-state index contributed by atoms with van der Waals surface area (Å²) in [4.78, 5) is 11.6. The van der Waals surface area contributed by atoms with Crippen molar-refractivity contribution in [1.29, 1.82) is 5.26 Å². The lowest BCUT2D eigenvalue weighted by molar-refractivity contribution is -0.123. The topological polar surface area (TPSA) is 64.9 Å². The second kappa shape index (κ2) is 5.31. The van der Waals surface area contributed by atoms with Crippen LogP contribution in [-0.4, -0.2) is 24.5 Å². The minimum Gasteiger partial charge on any atom is -0.353 e. The van der Waals surface area contributed by atoms with Crippen LogP contribution in [-0.2, 0) is 4.79 Å². The molecule has 1 rings (SSSR count). The van der Waals surface area contributed by atoms with E-state index in [0.717, 1.165) is 19.4 Å². The molecular formula is C12H21N3O. The number of amides is 1. The Morgan fingerprint density at radius 2 is 2.06 bits per heavy atom. The van der Waals surface area contributed by atoms with Gasteiger partial charge < -0.3 is 10.6 Å². The molecule has 0 aromatic carbocycles. The maximum atomic E-state index is 11.6. The van der Waals surface area contributed by atoms with Crippen molar-refractivity contribution in [2.45, 2.75) is 52.1 Å². The number of hydrogen-bond acceptors (Lipinski definition) is 3. The zero-order valence-electron chi connectivity index (χ0n) is 10.3. The molecule has 1 saturated carbocycles. The first kappa shape index (κ1) is 13.0. The minimum absolute atomic E-state index is 0.0303. The molecule has 0 spiro atoms. The molecule has 0 aromatic rings. The molecule has 1 aliphatic rings. The van der Waals surface area contributed by atoms with Crippen LogP contribution in [0.3, 0.4) is 0 Å². The summed E-state index contributed by atoms with van der Waals surface area (Å²) in [5.41, 5.74) is 0.154. The van der Waals surface area contributed by atoms with Gasteiger partial charge in [0.1, 0.15) is 0 Å². The van der Waals surface area contributed by atoms with Crippen molar-refractivity contribution in [3.8, 4) is 6.07 Å². The number of rotatable bonds is 6. The highest BCUT2D eigenvalue weighted by molar-refractivity contribution is 5.81. The van der Waals surface area contributed by atoms with Gasteiger partial charge in [-0.2, -0.15) is 5.26 Å². The van der Waals surface area contributed by atoms with Gasteiger partial charge in [-0.3, -0.25) is 4.79 Å². The highest BCUT2D eigenvalue weighted by Crippen LogP contribution is 2.47. The van der Waals surface area contributed by atoms with Crippen LogP contribution < -0.4 is 10.6 Å². The Hall–Kier alpha value is -1.08. The fourth-order valence-electron chi connectivity index (χ4n) is 1.63. The summed E-state index contributed by atoms with van der Waals surface area (Å²) in [6, 6.07) is 2.21. The molecule has 0 radical (unpaired) electrons. The Morgan fingerprint density at radius 1 is 1.44 bits per heavy atom. The highest BCUT2D eigenvalue weighted by atomic mass is 16.2. The summed E-state index contributed by atoms with van der Waals surface area (Å²) in [6.07, 6.45) is 2.80. The average Bonchev–Trinajstić information content (AvgIpc) is 2.94. The number of nitriles is 1. The van der Waals surface area contributed by atoms with E-state index in [4.69, 9.17) is 5.26 Å². The molecule has 1 unspecified atom stereocenters. The van der Waals surface area contributed by atoms with E-state index in [1.165, 1.54) is 0 Å². The molecule has 0 bridgehead atoms. The molecule has 1 atom stereocenters. The summed E-state index contributed by atoms with van der Waals surface area (Å²) in [7, 11) is 0. The SMILES string of the molecule is CC(C)NC(=O)C(C)NCC1(CC#N)CC1. The number of nitrogens with zero attached hydrogens (tertiary/aromatic N) is 1. The molecule has 2 N–H and O–H groups in total. The van der Waals surface area contributed by atoms with E-state index in [0.29, 0.717) is 6.42 Å². The van der Waals surface area contributed by atoms with Crippen molar-refractivity contribution in [2.24, 2.45) is 5.41 Å². The van der Waals surface area contributed by atoms with E-state index in [2.05, 4.69) is 16.7 Å². The first-order valence-electron chi connectivity index (χ1n) is 5.90. The third-order valence-corrected chi connectivity index (χ3v) is 3.02. The van der Waals surface area contributed by atoms with Gasteiger partial charge in [-0.25, -0.2) is 0 Å². The lowest BCUT2D eigenvalue weighted by Gasteiger charge is -2.19. The van der Waals surface area contributed by atoms with Crippen molar-refractivity contribution in [3.63, 3.8) is 0 Å². The third kappa shape index (κ3) is 3.82.